The van der Waals surface area contributed by atoms with E-state index in [0.717, 1.165) is 12.3 Å². The second kappa shape index (κ2) is 6.53. The number of ether oxygens (including phenoxy) is 1. The van der Waals surface area contributed by atoms with Crippen molar-refractivity contribution in [2.75, 3.05) is 12.4 Å². The lowest BCUT2D eigenvalue weighted by molar-refractivity contribution is -0.137. The lowest BCUT2D eigenvalue weighted by Gasteiger charge is -2.14. The van der Waals surface area contributed by atoms with Crippen molar-refractivity contribution in [2.45, 2.75) is 6.18 Å². The SMILES string of the molecule is COc1cc(NC=C(C#N)c2nn[nH]n2)c(Cl)c(C(F)(F)F)c1. The number of anilines is 1. The van der Waals surface area contributed by atoms with E-state index in [0.29, 0.717) is 0 Å². The van der Waals surface area contributed by atoms with Gasteiger partial charge in [-0.1, -0.05) is 11.6 Å². The van der Waals surface area contributed by atoms with Crippen molar-refractivity contribution in [3.05, 3.63) is 34.7 Å². The van der Waals surface area contributed by atoms with Crippen molar-refractivity contribution in [1.82, 2.24) is 20.6 Å². The average Bonchev–Trinajstić information content (AvgIpc) is 3.02. The van der Waals surface area contributed by atoms with Crippen LogP contribution in [0.25, 0.3) is 5.57 Å². The quantitative estimate of drug-likeness (QED) is 0.827. The standard InChI is InChI=1S/C12H8ClF3N6O/c1-23-7-2-8(12(14,15)16)10(13)9(3-7)18-5-6(4-17)11-19-21-22-20-11/h2-3,5,18H,1H3,(H,19,20,21,22). The van der Waals surface area contributed by atoms with E-state index < -0.39 is 16.8 Å². The van der Waals surface area contributed by atoms with E-state index in [1.807, 2.05) is 0 Å². The molecule has 1 aromatic carbocycles. The van der Waals surface area contributed by atoms with Crippen LogP contribution in [-0.2, 0) is 6.18 Å². The van der Waals surface area contributed by atoms with Crippen LogP contribution in [0.15, 0.2) is 18.3 Å². The lowest BCUT2D eigenvalue weighted by Crippen LogP contribution is -2.08. The highest BCUT2D eigenvalue weighted by atomic mass is 35.5. The number of nitrogens with zero attached hydrogens (tertiary/aromatic N) is 4. The van der Waals surface area contributed by atoms with Gasteiger partial charge in [0.15, 0.2) is 0 Å². The van der Waals surface area contributed by atoms with E-state index in [1.165, 1.54) is 13.2 Å². The van der Waals surface area contributed by atoms with Gasteiger partial charge in [0.2, 0.25) is 5.82 Å². The molecule has 2 aromatic rings. The minimum atomic E-state index is -4.66. The minimum Gasteiger partial charge on any atom is -0.497 e. The maximum Gasteiger partial charge on any atom is 0.418 e. The van der Waals surface area contributed by atoms with Crippen LogP contribution in [0.1, 0.15) is 11.4 Å². The van der Waals surface area contributed by atoms with Gasteiger partial charge in [0.1, 0.15) is 17.4 Å². The topological polar surface area (TPSA) is 99.5 Å². The van der Waals surface area contributed by atoms with E-state index in [2.05, 4.69) is 25.9 Å². The van der Waals surface area contributed by atoms with Gasteiger partial charge in [-0.05, 0) is 11.3 Å². The first-order valence-electron chi connectivity index (χ1n) is 5.92. The number of nitrogens with one attached hydrogen (secondary N) is 2. The molecule has 0 unspecified atom stereocenters. The molecule has 11 heteroatoms. The predicted octanol–water partition coefficient (Wildman–Crippen LogP) is 2.86. The molecule has 0 amide bonds. The number of aromatic nitrogens is 4. The third-order valence-electron chi connectivity index (χ3n) is 2.67. The summed E-state index contributed by atoms with van der Waals surface area (Å²) in [6.07, 6.45) is -3.54. The Morgan fingerprint density at radius 3 is 2.74 bits per heavy atom. The zero-order chi connectivity index (χ0) is 17.0. The normalized spacial score (nSPS) is 11.9. The predicted molar refractivity (Wildman–Crippen MR) is 74.4 cm³/mol. The third kappa shape index (κ3) is 3.70. The number of tetrazole rings is 1. The number of halogens is 4. The van der Waals surface area contributed by atoms with Crippen molar-refractivity contribution >= 4 is 22.9 Å². The Hall–Kier alpha value is -2.80. The van der Waals surface area contributed by atoms with Crippen LogP contribution >= 0.6 is 11.6 Å². The summed E-state index contributed by atoms with van der Waals surface area (Å²) in [5, 5.41) is 23.6. The number of hydrogen-bond acceptors (Lipinski definition) is 6. The fourth-order valence-corrected chi connectivity index (χ4v) is 1.87. The van der Waals surface area contributed by atoms with Gasteiger partial charge in [-0.25, -0.2) is 0 Å². The second-order valence-electron chi connectivity index (χ2n) is 4.08. The van der Waals surface area contributed by atoms with Gasteiger partial charge in [0.25, 0.3) is 0 Å². The van der Waals surface area contributed by atoms with Crippen LogP contribution in [-0.4, -0.2) is 27.7 Å². The molecular weight excluding hydrogens is 337 g/mol. The number of benzene rings is 1. The van der Waals surface area contributed by atoms with Crippen molar-refractivity contribution in [2.24, 2.45) is 0 Å². The first-order valence-corrected chi connectivity index (χ1v) is 6.30. The monoisotopic (exact) mass is 344 g/mol. The van der Waals surface area contributed by atoms with Gasteiger partial charge in [-0.3, -0.25) is 0 Å². The number of rotatable bonds is 4. The second-order valence-corrected chi connectivity index (χ2v) is 4.46. The van der Waals surface area contributed by atoms with Crippen LogP contribution in [0.5, 0.6) is 5.75 Å². The molecule has 1 heterocycles. The Morgan fingerprint density at radius 2 is 2.22 bits per heavy atom. The fourth-order valence-electron chi connectivity index (χ4n) is 1.60. The van der Waals surface area contributed by atoms with Gasteiger partial charge in [-0.2, -0.15) is 23.6 Å². The molecule has 0 bridgehead atoms. The Labute approximate surface area is 132 Å². The molecule has 120 valence electrons. The number of alkyl halides is 3. The summed E-state index contributed by atoms with van der Waals surface area (Å²) in [5.41, 5.74) is -1.20. The third-order valence-corrected chi connectivity index (χ3v) is 3.07. The highest BCUT2D eigenvalue weighted by molar-refractivity contribution is 6.34. The molecule has 0 aliphatic rings. The largest absolute Gasteiger partial charge is 0.497 e. The van der Waals surface area contributed by atoms with Crippen molar-refractivity contribution in [3.63, 3.8) is 0 Å². The van der Waals surface area contributed by atoms with Gasteiger partial charge in [0.05, 0.1) is 23.4 Å². The van der Waals surface area contributed by atoms with E-state index in [-0.39, 0.29) is 22.8 Å². The van der Waals surface area contributed by atoms with E-state index in [9.17, 15) is 13.2 Å². The highest BCUT2D eigenvalue weighted by Gasteiger charge is 2.35. The van der Waals surface area contributed by atoms with Crippen molar-refractivity contribution in [1.29, 1.82) is 5.26 Å². The summed E-state index contributed by atoms with van der Waals surface area (Å²) < 4.78 is 43.7. The zero-order valence-electron chi connectivity index (χ0n) is 11.4. The molecule has 2 N–H and O–H groups in total. The van der Waals surface area contributed by atoms with Crippen LogP contribution < -0.4 is 10.1 Å². The Bertz CT molecular complexity index is 766. The molecule has 0 radical (unpaired) electrons. The van der Waals surface area contributed by atoms with Crippen LogP contribution in [0.3, 0.4) is 0 Å². The first kappa shape index (κ1) is 16.6. The summed E-state index contributed by atoms with van der Waals surface area (Å²) >= 11 is 5.77. The molecule has 1 aromatic heterocycles. The highest BCUT2D eigenvalue weighted by Crippen LogP contribution is 2.41. The van der Waals surface area contributed by atoms with Crippen LogP contribution in [0.4, 0.5) is 18.9 Å². The van der Waals surface area contributed by atoms with Crippen molar-refractivity contribution in [3.8, 4) is 11.8 Å². The molecule has 0 saturated heterocycles. The summed E-state index contributed by atoms with van der Waals surface area (Å²) in [6.45, 7) is 0. The molecule has 0 aliphatic carbocycles. The maximum absolute atomic E-state index is 13.0. The van der Waals surface area contributed by atoms with Gasteiger partial charge < -0.3 is 10.1 Å². The maximum atomic E-state index is 13.0. The van der Waals surface area contributed by atoms with Crippen molar-refractivity contribution < 1.29 is 17.9 Å². The zero-order valence-corrected chi connectivity index (χ0v) is 12.2. The van der Waals surface area contributed by atoms with E-state index in [1.54, 1.807) is 6.07 Å². The number of H-pyrrole nitrogens is 1. The Morgan fingerprint density at radius 1 is 1.48 bits per heavy atom. The van der Waals surface area contributed by atoms with Gasteiger partial charge >= 0.3 is 6.18 Å². The number of aromatic amines is 1. The summed E-state index contributed by atoms with van der Waals surface area (Å²) in [7, 11) is 1.23. The Kier molecular flexibility index (Phi) is 4.71. The first-order chi connectivity index (χ1) is 10.9. The molecular formula is C12H8ClF3N6O. The number of nitriles is 1. The summed E-state index contributed by atoms with van der Waals surface area (Å²) in [6, 6.07) is 3.83. The molecule has 7 nitrogen and oxygen atoms in total. The number of hydrogen-bond donors (Lipinski definition) is 2. The van der Waals surface area contributed by atoms with E-state index in [4.69, 9.17) is 21.6 Å². The molecule has 0 saturated carbocycles. The smallest absolute Gasteiger partial charge is 0.418 e. The molecule has 0 atom stereocenters. The molecule has 2 rings (SSSR count). The molecule has 0 fully saturated rings. The van der Waals surface area contributed by atoms with Crippen LogP contribution in [0.2, 0.25) is 5.02 Å². The van der Waals surface area contributed by atoms with Gasteiger partial charge in [0, 0.05) is 12.3 Å². The average molecular weight is 345 g/mol. The van der Waals surface area contributed by atoms with Crippen LogP contribution in [0, 0.1) is 11.3 Å². The molecule has 0 spiro atoms. The molecule has 23 heavy (non-hydrogen) atoms. The number of allylic oxidation sites excluding steroid dienone is 1. The molecule has 0 aliphatic heterocycles. The Balaban J connectivity index is 2.42. The summed E-state index contributed by atoms with van der Waals surface area (Å²) in [5.74, 6) is -0.0641. The minimum absolute atomic E-state index is 0.0185. The fraction of sp³-hybridized carbons (Fsp3) is 0.167. The summed E-state index contributed by atoms with van der Waals surface area (Å²) in [4.78, 5) is 0. The van der Waals surface area contributed by atoms with Gasteiger partial charge in [-0.15, -0.1) is 10.2 Å². The van der Waals surface area contributed by atoms with E-state index >= 15 is 0 Å². The lowest BCUT2D eigenvalue weighted by atomic mass is 10.1. The number of methoxy groups -OCH3 is 1.